The highest BCUT2D eigenvalue weighted by molar-refractivity contribution is 5.85. The van der Waals surface area contributed by atoms with E-state index in [0.29, 0.717) is 43.3 Å². The Hall–Kier alpha value is -4.08. The lowest BCUT2D eigenvalue weighted by Crippen LogP contribution is -2.68. The minimum Gasteiger partial charge on any atom is -0.477 e. The highest BCUT2D eigenvalue weighted by Crippen LogP contribution is 2.37. The number of hydrogen-bond donors (Lipinski definition) is 0. The van der Waals surface area contributed by atoms with Gasteiger partial charge in [0.15, 0.2) is 5.79 Å². The molecule has 4 aromatic rings. The zero-order chi connectivity index (χ0) is 28.8. The van der Waals surface area contributed by atoms with E-state index in [4.69, 9.17) is 19.2 Å². The van der Waals surface area contributed by atoms with Crippen molar-refractivity contribution in [1.82, 2.24) is 29.4 Å². The first kappa shape index (κ1) is 26.5. The molecule has 5 aliphatic heterocycles. The summed E-state index contributed by atoms with van der Waals surface area (Å²) in [5.74, 6) is 1.27. The van der Waals surface area contributed by atoms with Gasteiger partial charge in [-0.05, 0) is 36.2 Å². The van der Waals surface area contributed by atoms with E-state index in [0.717, 1.165) is 68.0 Å². The Morgan fingerprint density at radius 1 is 1.05 bits per heavy atom. The van der Waals surface area contributed by atoms with Gasteiger partial charge in [0.25, 0.3) is 0 Å². The summed E-state index contributed by atoms with van der Waals surface area (Å²) in [7, 11) is 0. The van der Waals surface area contributed by atoms with Crippen molar-refractivity contribution in [2.45, 2.75) is 43.7 Å². The monoisotopic (exact) mass is 578 g/mol. The largest absolute Gasteiger partial charge is 0.477 e. The molecule has 9 rings (SSSR count). The van der Waals surface area contributed by atoms with E-state index in [9.17, 15) is 5.26 Å². The molecule has 0 radical (unpaired) electrons. The van der Waals surface area contributed by atoms with Crippen LogP contribution < -0.4 is 9.64 Å². The number of piperazine rings is 1. The van der Waals surface area contributed by atoms with Crippen LogP contribution in [-0.2, 0) is 16.0 Å². The van der Waals surface area contributed by atoms with Gasteiger partial charge in [0.2, 0.25) is 0 Å². The van der Waals surface area contributed by atoms with Crippen molar-refractivity contribution < 1.29 is 14.2 Å². The van der Waals surface area contributed by atoms with Gasteiger partial charge in [0.1, 0.15) is 24.4 Å². The second kappa shape index (κ2) is 10.9. The van der Waals surface area contributed by atoms with E-state index >= 15 is 0 Å². The molecule has 0 amide bonds. The van der Waals surface area contributed by atoms with Crippen LogP contribution in [0.3, 0.4) is 0 Å². The maximum absolute atomic E-state index is 9.79. The van der Waals surface area contributed by atoms with E-state index in [-0.39, 0.29) is 0 Å². The number of anilines is 1. The van der Waals surface area contributed by atoms with Crippen molar-refractivity contribution >= 4 is 11.3 Å². The normalized spacial score (nSPS) is 23.4. The lowest BCUT2D eigenvalue weighted by Gasteiger charge is -2.56. The van der Waals surface area contributed by atoms with Gasteiger partial charge < -0.3 is 19.1 Å². The average molecular weight is 579 g/mol. The average Bonchev–Trinajstić information content (AvgIpc) is 3.70. The van der Waals surface area contributed by atoms with Crippen LogP contribution >= 0.6 is 0 Å². The number of rotatable bonds is 7. The second-order valence-electron chi connectivity index (χ2n) is 11.9. The quantitative estimate of drug-likeness (QED) is 0.324. The molecule has 2 atom stereocenters. The summed E-state index contributed by atoms with van der Waals surface area (Å²) in [6, 6.07) is 13.7. The fourth-order valence-corrected chi connectivity index (χ4v) is 7.02. The molecule has 5 aliphatic rings. The molecule has 0 aliphatic carbocycles. The molecular formula is C32H34N8O3. The molecule has 9 heterocycles. The SMILES string of the molecule is N#Cc1cnn2cc(OCN3CCC4(CC3)OCCO4)cc(-c3ccc(N4CC5CC(C4)N5Cc4cccnc4)nc3)c12. The Kier molecular flexibility index (Phi) is 6.72. The molecule has 0 N–H and O–H groups in total. The summed E-state index contributed by atoms with van der Waals surface area (Å²) >= 11 is 0. The van der Waals surface area contributed by atoms with E-state index in [2.05, 4.69) is 49.1 Å². The zero-order valence-corrected chi connectivity index (χ0v) is 24.0. The maximum atomic E-state index is 9.79. The number of piperidine rings is 2. The first-order valence-electron chi connectivity index (χ1n) is 15.1. The summed E-state index contributed by atoms with van der Waals surface area (Å²) in [5, 5.41) is 14.2. The van der Waals surface area contributed by atoms with Crippen molar-refractivity contribution in [1.29, 1.82) is 5.26 Å². The van der Waals surface area contributed by atoms with E-state index in [1.807, 2.05) is 36.9 Å². The summed E-state index contributed by atoms with van der Waals surface area (Å²) in [6.07, 6.45) is 12.0. The number of nitrogens with zero attached hydrogens (tertiary/aromatic N) is 8. The van der Waals surface area contributed by atoms with Crippen LogP contribution in [0.15, 0.2) is 61.3 Å². The number of aromatic nitrogens is 4. The molecule has 4 aromatic heterocycles. The third-order valence-electron chi connectivity index (χ3n) is 9.37. The molecule has 2 unspecified atom stereocenters. The Bertz CT molecular complexity index is 1630. The predicted molar refractivity (Wildman–Crippen MR) is 158 cm³/mol. The van der Waals surface area contributed by atoms with Gasteiger partial charge in [-0.2, -0.15) is 10.4 Å². The Morgan fingerprint density at radius 3 is 2.60 bits per heavy atom. The van der Waals surface area contributed by atoms with Gasteiger partial charge in [0, 0.05) is 87.4 Å². The van der Waals surface area contributed by atoms with Crippen LogP contribution in [0, 0.1) is 11.3 Å². The predicted octanol–water partition coefficient (Wildman–Crippen LogP) is 3.30. The number of pyridine rings is 3. The van der Waals surface area contributed by atoms with Crippen LogP contribution in [0.25, 0.3) is 16.6 Å². The first-order valence-corrected chi connectivity index (χ1v) is 15.1. The molecule has 0 saturated carbocycles. The molecule has 1 spiro atoms. The van der Waals surface area contributed by atoms with Gasteiger partial charge in [0.05, 0.1) is 36.7 Å². The van der Waals surface area contributed by atoms with Gasteiger partial charge in [-0.3, -0.25) is 14.8 Å². The van der Waals surface area contributed by atoms with Crippen LogP contribution in [-0.4, -0.2) is 93.4 Å². The van der Waals surface area contributed by atoms with Crippen LogP contribution in [0.4, 0.5) is 5.82 Å². The molecule has 5 fully saturated rings. The topological polar surface area (TPSA) is 104 Å². The van der Waals surface area contributed by atoms with E-state index in [1.165, 1.54) is 12.0 Å². The first-order chi connectivity index (χ1) is 21.2. The van der Waals surface area contributed by atoms with Crippen LogP contribution in [0.2, 0.25) is 0 Å². The van der Waals surface area contributed by atoms with Gasteiger partial charge in [-0.1, -0.05) is 6.07 Å². The lowest BCUT2D eigenvalue weighted by molar-refractivity contribution is -0.188. The number of likely N-dealkylation sites (tertiary alicyclic amines) is 1. The maximum Gasteiger partial charge on any atom is 0.170 e. The highest BCUT2D eigenvalue weighted by Gasteiger charge is 2.44. The number of nitriles is 1. The van der Waals surface area contributed by atoms with Gasteiger partial charge >= 0.3 is 0 Å². The van der Waals surface area contributed by atoms with Crippen molar-refractivity contribution in [2.75, 3.05) is 51.0 Å². The standard InChI is InChI=1S/C32H34N8O3/c33-14-25-17-36-40-21-28(41-22-37-8-5-32(6-9-37)42-10-11-43-32)13-29(31(25)40)24-3-4-30(35-16-24)38-19-26-12-27(20-38)39(26)18-23-2-1-7-34-15-23/h1-4,7,13,15-17,21,26-27H,5-6,8-12,18-20,22H2. The van der Waals surface area contributed by atoms with Crippen molar-refractivity contribution in [3.63, 3.8) is 0 Å². The lowest BCUT2D eigenvalue weighted by atomic mass is 9.87. The number of fused-ring (bicyclic) bond motifs is 3. The Balaban J connectivity index is 0.971. The van der Waals surface area contributed by atoms with E-state index in [1.54, 1.807) is 10.7 Å². The molecule has 0 aromatic carbocycles. The molecule has 43 heavy (non-hydrogen) atoms. The molecule has 5 saturated heterocycles. The van der Waals surface area contributed by atoms with Crippen molar-refractivity contribution in [3.8, 4) is 22.9 Å². The minimum atomic E-state index is -0.404. The van der Waals surface area contributed by atoms with E-state index < -0.39 is 5.79 Å². The molecule has 11 heteroatoms. The number of hydrogen-bond acceptors (Lipinski definition) is 10. The second-order valence-corrected chi connectivity index (χ2v) is 11.9. The third-order valence-corrected chi connectivity index (χ3v) is 9.37. The van der Waals surface area contributed by atoms with Crippen molar-refractivity contribution in [2.24, 2.45) is 0 Å². The summed E-state index contributed by atoms with van der Waals surface area (Å²) in [6.45, 7) is 6.38. The summed E-state index contributed by atoms with van der Waals surface area (Å²) < 4.78 is 19.7. The fraction of sp³-hybridized carbons (Fsp3) is 0.438. The van der Waals surface area contributed by atoms with Crippen molar-refractivity contribution in [3.05, 3.63) is 72.4 Å². The fourth-order valence-electron chi connectivity index (χ4n) is 7.02. The van der Waals surface area contributed by atoms with Gasteiger partial charge in [-0.15, -0.1) is 0 Å². The Morgan fingerprint density at radius 2 is 1.88 bits per heavy atom. The zero-order valence-electron chi connectivity index (χ0n) is 24.0. The number of ether oxygens (including phenoxy) is 3. The summed E-state index contributed by atoms with van der Waals surface area (Å²) in [4.78, 5) is 16.4. The molecule has 11 nitrogen and oxygen atoms in total. The smallest absolute Gasteiger partial charge is 0.170 e. The summed E-state index contributed by atoms with van der Waals surface area (Å²) in [5.41, 5.74) is 4.34. The Labute approximate surface area is 250 Å². The molecule has 2 bridgehead atoms. The third kappa shape index (κ3) is 5.00. The minimum absolute atomic E-state index is 0.404. The molecule has 220 valence electrons. The molecular weight excluding hydrogens is 544 g/mol. The van der Waals surface area contributed by atoms with Gasteiger partial charge in [-0.25, -0.2) is 9.50 Å². The van der Waals surface area contributed by atoms with Crippen LogP contribution in [0.1, 0.15) is 30.4 Å². The highest BCUT2D eigenvalue weighted by atomic mass is 16.7. The van der Waals surface area contributed by atoms with Crippen LogP contribution in [0.5, 0.6) is 5.75 Å².